The summed E-state index contributed by atoms with van der Waals surface area (Å²) in [4.78, 5) is 15.9. The van der Waals surface area contributed by atoms with Gasteiger partial charge in [0, 0.05) is 10.7 Å². The molecule has 0 saturated carbocycles. The summed E-state index contributed by atoms with van der Waals surface area (Å²) >= 11 is 9.15. The van der Waals surface area contributed by atoms with Crippen LogP contribution in [-0.2, 0) is 0 Å². The summed E-state index contributed by atoms with van der Waals surface area (Å²) in [5.74, 6) is 0.498. The summed E-state index contributed by atoms with van der Waals surface area (Å²) < 4.78 is 6.23. The highest BCUT2D eigenvalue weighted by Crippen LogP contribution is 2.17. The highest BCUT2D eigenvalue weighted by atomic mass is 79.9. The maximum Gasteiger partial charge on any atom is 0.254 e. The van der Waals surface area contributed by atoms with E-state index < -0.39 is 0 Å². The van der Waals surface area contributed by atoms with E-state index in [0.29, 0.717) is 23.2 Å². The van der Waals surface area contributed by atoms with Gasteiger partial charge in [-0.25, -0.2) is 4.98 Å². The lowest BCUT2D eigenvalue weighted by Gasteiger charge is -2.08. The molecule has 2 rings (SSSR count). The predicted molar refractivity (Wildman–Crippen MR) is 86.0 cm³/mol. The Bertz CT molecular complexity index is 632. The average molecular weight is 370 g/mol. The van der Waals surface area contributed by atoms with Crippen molar-refractivity contribution in [1.29, 1.82) is 0 Å². The number of carbonyl (C=O) groups is 1. The summed E-state index contributed by atoms with van der Waals surface area (Å²) in [6.07, 6.45) is 1.54. The van der Waals surface area contributed by atoms with Gasteiger partial charge in [0.25, 0.3) is 5.91 Å². The van der Waals surface area contributed by atoms with Crippen LogP contribution in [0.25, 0.3) is 0 Å². The van der Waals surface area contributed by atoms with Gasteiger partial charge in [-0.05, 0) is 41.1 Å². The molecule has 1 heterocycles. The molecule has 1 N–H and O–H groups in total. The number of halogens is 2. The number of aromatic nitrogens is 1. The molecule has 1 amide bonds. The number of benzene rings is 1. The third kappa shape index (κ3) is 4.72. The minimum Gasteiger partial charge on any atom is -0.492 e. The summed E-state index contributed by atoms with van der Waals surface area (Å²) in [6, 6.07) is 9.37. The van der Waals surface area contributed by atoms with Gasteiger partial charge in [0.1, 0.15) is 17.5 Å². The van der Waals surface area contributed by atoms with Crippen LogP contribution >= 0.6 is 27.5 Å². The van der Waals surface area contributed by atoms with Crippen LogP contribution in [0.5, 0.6) is 5.75 Å². The normalized spacial score (nSPS) is 10.2. The molecule has 0 aliphatic heterocycles. The molecule has 0 spiro atoms. The number of hydrogen-bond acceptors (Lipinski definition) is 3. The molecule has 1 aromatic heterocycles. The molecule has 0 radical (unpaired) electrons. The maximum absolute atomic E-state index is 12.0. The molecule has 0 aliphatic carbocycles. The van der Waals surface area contributed by atoms with Crippen LogP contribution in [0.2, 0.25) is 5.15 Å². The van der Waals surface area contributed by atoms with Crippen LogP contribution in [0.1, 0.15) is 15.9 Å². The van der Waals surface area contributed by atoms with E-state index in [1.165, 1.54) is 5.56 Å². The lowest BCUT2D eigenvalue weighted by Crippen LogP contribution is -2.28. The zero-order valence-electron chi connectivity index (χ0n) is 11.4. The number of nitrogens with one attached hydrogen (secondary N) is 1. The SMILES string of the molecule is Cc1ccc(OCCNC(=O)c2cc(Br)cnc2Cl)cc1. The van der Waals surface area contributed by atoms with Crippen LogP contribution in [0.15, 0.2) is 41.0 Å². The monoisotopic (exact) mass is 368 g/mol. The second-order valence-electron chi connectivity index (χ2n) is 4.41. The fourth-order valence-electron chi connectivity index (χ4n) is 1.64. The first-order chi connectivity index (χ1) is 10.1. The first-order valence-electron chi connectivity index (χ1n) is 6.35. The highest BCUT2D eigenvalue weighted by molar-refractivity contribution is 9.10. The van der Waals surface area contributed by atoms with Crippen LogP contribution in [0.3, 0.4) is 0 Å². The van der Waals surface area contributed by atoms with Crippen molar-refractivity contribution < 1.29 is 9.53 Å². The molecule has 0 aliphatic rings. The molecule has 2 aromatic rings. The first-order valence-corrected chi connectivity index (χ1v) is 7.52. The predicted octanol–water partition coefficient (Wildman–Crippen LogP) is 3.61. The third-order valence-corrected chi connectivity index (χ3v) is 3.46. The summed E-state index contributed by atoms with van der Waals surface area (Å²) in [5.41, 5.74) is 1.51. The Morgan fingerprint density at radius 1 is 1.38 bits per heavy atom. The quantitative estimate of drug-likeness (QED) is 0.647. The Labute approximate surface area is 136 Å². The molecule has 110 valence electrons. The fraction of sp³-hybridized carbons (Fsp3) is 0.200. The van der Waals surface area contributed by atoms with Gasteiger partial charge in [-0.2, -0.15) is 0 Å². The van der Waals surface area contributed by atoms with Crippen molar-refractivity contribution in [2.75, 3.05) is 13.2 Å². The maximum atomic E-state index is 12.0. The Kier molecular flexibility index (Phi) is 5.59. The standard InChI is InChI=1S/C15H14BrClN2O2/c1-10-2-4-12(5-3-10)21-7-6-18-15(20)13-8-11(16)9-19-14(13)17/h2-5,8-9H,6-7H2,1H3,(H,18,20). The molecular weight excluding hydrogens is 356 g/mol. The van der Waals surface area contributed by atoms with Gasteiger partial charge in [-0.3, -0.25) is 4.79 Å². The molecule has 0 fully saturated rings. The largest absolute Gasteiger partial charge is 0.492 e. The van der Waals surface area contributed by atoms with E-state index in [1.54, 1.807) is 12.3 Å². The third-order valence-electron chi connectivity index (χ3n) is 2.73. The Balaban J connectivity index is 1.81. The minimum absolute atomic E-state index is 0.176. The number of pyridine rings is 1. The van der Waals surface area contributed by atoms with Crippen LogP contribution in [-0.4, -0.2) is 24.0 Å². The van der Waals surface area contributed by atoms with Crippen LogP contribution in [0, 0.1) is 6.92 Å². The van der Waals surface area contributed by atoms with E-state index in [1.807, 2.05) is 31.2 Å². The van der Waals surface area contributed by atoms with E-state index in [4.69, 9.17) is 16.3 Å². The van der Waals surface area contributed by atoms with Crippen molar-refractivity contribution in [1.82, 2.24) is 10.3 Å². The van der Waals surface area contributed by atoms with Crippen molar-refractivity contribution >= 4 is 33.4 Å². The van der Waals surface area contributed by atoms with Gasteiger partial charge in [0.2, 0.25) is 0 Å². The van der Waals surface area contributed by atoms with Crippen molar-refractivity contribution in [3.8, 4) is 5.75 Å². The molecule has 0 bridgehead atoms. The lowest BCUT2D eigenvalue weighted by molar-refractivity contribution is 0.0946. The number of hydrogen-bond donors (Lipinski definition) is 1. The number of aryl methyl sites for hydroxylation is 1. The molecule has 0 saturated heterocycles. The number of amides is 1. The van der Waals surface area contributed by atoms with E-state index in [9.17, 15) is 4.79 Å². The van der Waals surface area contributed by atoms with Crippen LogP contribution in [0.4, 0.5) is 0 Å². The van der Waals surface area contributed by atoms with E-state index in [0.717, 1.165) is 5.75 Å². The molecule has 6 heteroatoms. The molecule has 0 unspecified atom stereocenters. The average Bonchev–Trinajstić information content (AvgIpc) is 2.47. The van der Waals surface area contributed by atoms with Gasteiger partial charge in [-0.15, -0.1) is 0 Å². The number of rotatable bonds is 5. The minimum atomic E-state index is -0.277. The van der Waals surface area contributed by atoms with E-state index >= 15 is 0 Å². The number of nitrogens with zero attached hydrogens (tertiary/aromatic N) is 1. The fourth-order valence-corrected chi connectivity index (χ4v) is 2.17. The van der Waals surface area contributed by atoms with Crippen molar-refractivity contribution in [2.24, 2.45) is 0 Å². The van der Waals surface area contributed by atoms with Gasteiger partial charge in [0.05, 0.1) is 12.1 Å². The summed E-state index contributed by atoms with van der Waals surface area (Å²) in [5, 5.41) is 2.92. The molecule has 21 heavy (non-hydrogen) atoms. The van der Waals surface area contributed by atoms with Crippen LogP contribution < -0.4 is 10.1 Å². The molecule has 4 nitrogen and oxygen atoms in total. The zero-order valence-corrected chi connectivity index (χ0v) is 13.7. The van der Waals surface area contributed by atoms with Crippen molar-refractivity contribution in [3.05, 3.63) is 57.3 Å². The number of ether oxygens (including phenoxy) is 1. The molecule has 0 atom stereocenters. The van der Waals surface area contributed by atoms with Gasteiger partial charge in [0.15, 0.2) is 0 Å². The van der Waals surface area contributed by atoms with Crippen molar-refractivity contribution in [2.45, 2.75) is 6.92 Å². The van der Waals surface area contributed by atoms with Gasteiger partial charge >= 0.3 is 0 Å². The Morgan fingerprint density at radius 3 is 2.81 bits per heavy atom. The van der Waals surface area contributed by atoms with Crippen molar-refractivity contribution in [3.63, 3.8) is 0 Å². The topological polar surface area (TPSA) is 51.2 Å². The highest BCUT2D eigenvalue weighted by Gasteiger charge is 2.11. The molecule has 1 aromatic carbocycles. The second-order valence-corrected chi connectivity index (χ2v) is 5.68. The number of carbonyl (C=O) groups excluding carboxylic acids is 1. The molecular formula is C15H14BrClN2O2. The summed E-state index contributed by atoms with van der Waals surface area (Å²) in [6.45, 7) is 2.78. The van der Waals surface area contributed by atoms with Gasteiger partial charge in [-0.1, -0.05) is 29.3 Å². The first kappa shape index (κ1) is 15.8. The smallest absolute Gasteiger partial charge is 0.254 e. The Morgan fingerprint density at radius 2 is 2.10 bits per heavy atom. The lowest BCUT2D eigenvalue weighted by atomic mass is 10.2. The second kappa shape index (κ2) is 7.43. The van der Waals surface area contributed by atoms with E-state index in [2.05, 4.69) is 26.2 Å². The zero-order chi connectivity index (χ0) is 15.2. The van der Waals surface area contributed by atoms with Gasteiger partial charge < -0.3 is 10.1 Å². The summed E-state index contributed by atoms with van der Waals surface area (Å²) in [7, 11) is 0. The Hall–Kier alpha value is -1.59. The van der Waals surface area contributed by atoms with E-state index in [-0.39, 0.29) is 11.1 Å².